The fourth-order valence-electron chi connectivity index (χ4n) is 3.64. The summed E-state index contributed by atoms with van der Waals surface area (Å²) < 4.78 is 11.0. The predicted molar refractivity (Wildman–Crippen MR) is 123 cm³/mol. The van der Waals surface area contributed by atoms with Gasteiger partial charge in [0.25, 0.3) is 0 Å². The number of anilines is 2. The molecule has 9 nitrogen and oxygen atoms in total. The zero-order valence-electron chi connectivity index (χ0n) is 19.3. The molecule has 2 aliphatic rings. The van der Waals surface area contributed by atoms with Gasteiger partial charge in [-0.3, -0.25) is 0 Å². The van der Waals surface area contributed by atoms with E-state index in [0.717, 1.165) is 4.90 Å². The van der Waals surface area contributed by atoms with E-state index in [1.54, 1.807) is 47.6 Å². The number of aromatic nitrogens is 2. The highest BCUT2D eigenvalue weighted by molar-refractivity contribution is 6.34. The number of carbonyl (C=O) groups excluding carboxylic acids is 2. The summed E-state index contributed by atoms with van der Waals surface area (Å²) in [4.78, 5) is 37.2. The van der Waals surface area contributed by atoms with E-state index in [1.807, 2.05) is 17.9 Å². The van der Waals surface area contributed by atoms with Crippen LogP contribution in [0.4, 0.5) is 21.1 Å². The number of hydrogen-bond donors (Lipinski definition) is 1. The minimum absolute atomic E-state index is 0.0392. The number of hydrogen-bond acceptors (Lipinski definition) is 8. The van der Waals surface area contributed by atoms with E-state index in [4.69, 9.17) is 32.7 Å². The lowest BCUT2D eigenvalue weighted by atomic mass is 10.1. The summed E-state index contributed by atoms with van der Waals surface area (Å²) in [6.45, 7) is 12.4. The van der Waals surface area contributed by atoms with Crippen molar-refractivity contribution in [2.45, 2.75) is 84.3 Å². The molecule has 0 fully saturated rings. The van der Waals surface area contributed by atoms with E-state index in [9.17, 15) is 9.59 Å². The molecule has 0 saturated carbocycles. The smallest absolute Gasteiger partial charge is 0.420 e. The quantitative estimate of drug-likeness (QED) is 0.345. The van der Waals surface area contributed by atoms with Gasteiger partial charge in [-0.25, -0.2) is 19.5 Å². The first-order chi connectivity index (χ1) is 14.7. The Labute approximate surface area is 198 Å². The monoisotopic (exact) mass is 485 g/mol. The average molecular weight is 486 g/mol. The lowest BCUT2D eigenvalue weighted by Gasteiger charge is -2.33. The summed E-state index contributed by atoms with van der Waals surface area (Å²) in [6, 6.07) is -0.744. The Hall–Kier alpha value is -2.26. The molecule has 1 aliphatic heterocycles. The maximum absolute atomic E-state index is 12.9. The minimum Gasteiger partial charge on any atom is -0.443 e. The summed E-state index contributed by atoms with van der Waals surface area (Å²) in [5, 5.41) is 3.52. The molecular formula is C21H29Cl2N5O4. The van der Waals surface area contributed by atoms with Gasteiger partial charge in [-0.2, -0.15) is 4.98 Å². The van der Waals surface area contributed by atoms with Crippen LogP contribution in [0.1, 0.15) is 54.9 Å². The second-order valence-electron chi connectivity index (χ2n) is 9.80. The summed E-state index contributed by atoms with van der Waals surface area (Å²) in [6.07, 6.45) is 2.47. The van der Waals surface area contributed by atoms with Gasteiger partial charge in [0.2, 0.25) is 5.28 Å². The van der Waals surface area contributed by atoms with Crippen molar-refractivity contribution in [3.05, 3.63) is 22.6 Å². The zero-order valence-corrected chi connectivity index (χ0v) is 20.8. The van der Waals surface area contributed by atoms with E-state index < -0.39 is 29.4 Å². The molecule has 0 spiro atoms. The molecular weight excluding hydrogens is 457 g/mol. The first kappa shape index (κ1) is 24.4. The van der Waals surface area contributed by atoms with Crippen LogP contribution in [-0.4, -0.2) is 56.5 Å². The molecule has 11 heteroatoms. The van der Waals surface area contributed by atoms with Crippen molar-refractivity contribution < 1.29 is 19.1 Å². The standard InChI is InChI=1S/C21H29Cl2N5O4/c1-11-24-14-15(22)25-17(23)26-16(14)27(11)12-8-9-13(10-12)28(18(29)31-20(2,3)4)19(30)32-21(5,6)7/h8-9,11-13,24H,10H2,1-7H3/t11?,12-,13+/m0/s1. The molecule has 1 unspecified atom stereocenters. The molecule has 0 aromatic carbocycles. The molecule has 1 aliphatic carbocycles. The number of rotatable bonds is 2. The van der Waals surface area contributed by atoms with Crippen LogP contribution in [0, 0.1) is 0 Å². The minimum atomic E-state index is -0.768. The molecule has 176 valence electrons. The number of fused-ring (bicyclic) bond motifs is 1. The number of carbonyl (C=O) groups is 2. The zero-order chi connectivity index (χ0) is 24.0. The van der Waals surface area contributed by atoms with Gasteiger partial charge < -0.3 is 19.7 Å². The highest BCUT2D eigenvalue weighted by atomic mass is 35.5. The van der Waals surface area contributed by atoms with Crippen molar-refractivity contribution in [3.63, 3.8) is 0 Å². The van der Waals surface area contributed by atoms with Crippen LogP contribution >= 0.6 is 23.2 Å². The Kier molecular flexibility index (Phi) is 6.55. The molecule has 2 heterocycles. The van der Waals surface area contributed by atoms with Crippen LogP contribution in [0.5, 0.6) is 0 Å². The number of nitrogens with one attached hydrogen (secondary N) is 1. The molecule has 2 amide bonds. The SMILES string of the molecule is CC1Nc2c(Cl)nc(Cl)nc2N1[C@H]1C=C[C@@H](N(C(=O)OC(C)(C)C)C(=O)OC(C)(C)C)C1. The second-order valence-corrected chi connectivity index (χ2v) is 10.5. The van der Waals surface area contributed by atoms with Crippen LogP contribution in [0.3, 0.4) is 0 Å². The van der Waals surface area contributed by atoms with E-state index in [-0.39, 0.29) is 22.6 Å². The molecule has 32 heavy (non-hydrogen) atoms. The lowest BCUT2D eigenvalue weighted by Crippen LogP contribution is -2.49. The third-order valence-electron chi connectivity index (χ3n) is 4.74. The van der Waals surface area contributed by atoms with Crippen LogP contribution < -0.4 is 10.2 Å². The molecule has 0 radical (unpaired) electrons. The van der Waals surface area contributed by atoms with Gasteiger partial charge >= 0.3 is 12.2 Å². The molecule has 1 aromatic rings. The van der Waals surface area contributed by atoms with Crippen molar-refractivity contribution in [2.75, 3.05) is 10.2 Å². The van der Waals surface area contributed by atoms with Gasteiger partial charge in [-0.1, -0.05) is 23.8 Å². The first-order valence-electron chi connectivity index (χ1n) is 10.4. The van der Waals surface area contributed by atoms with Crippen LogP contribution in [-0.2, 0) is 9.47 Å². The summed E-state index contributed by atoms with van der Waals surface area (Å²) >= 11 is 12.2. The Balaban J connectivity index is 1.85. The third kappa shape index (κ3) is 5.38. The van der Waals surface area contributed by atoms with Crippen molar-refractivity contribution in [1.29, 1.82) is 0 Å². The Morgan fingerprint density at radius 1 is 1.06 bits per heavy atom. The molecule has 1 aromatic heterocycles. The van der Waals surface area contributed by atoms with E-state index in [0.29, 0.717) is 17.9 Å². The number of imide groups is 1. The summed E-state index contributed by atoms with van der Waals surface area (Å²) in [5.41, 5.74) is -0.942. The third-order valence-corrected chi connectivity index (χ3v) is 5.18. The van der Waals surface area contributed by atoms with E-state index in [2.05, 4.69) is 15.3 Å². The topological polar surface area (TPSA) is 96.9 Å². The first-order valence-corrected chi connectivity index (χ1v) is 11.1. The Bertz CT molecular complexity index is 913. The molecule has 1 N–H and O–H groups in total. The molecule has 0 saturated heterocycles. The van der Waals surface area contributed by atoms with Crippen LogP contribution in [0.2, 0.25) is 10.4 Å². The van der Waals surface area contributed by atoms with Crippen molar-refractivity contribution in [3.8, 4) is 0 Å². The largest absolute Gasteiger partial charge is 0.443 e. The van der Waals surface area contributed by atoms with Gasteiger partial charge in [0, 0.05) is 0 Å². The van der Waals surface area contributed by atoms with Gasteiger partial charge in [0.15, 0.2) is 11.0 Å². The Morgan fingerprint density at radius 2 is 1.62 bits per heavy atom. The fraction of sp³-hybridized carbons (Fsp3) is 0.619. The van der Waals surface area contributed by atoms with Crippen LogP contribution in [0.25, 0.3) is 0 Å². The fourth-order valence-corrected chi connectivity index (χ4v) is 4.07. The number of halogens is 2. The molecule has 3 atom stereocenters. The maximum atomic E-state index is 12.9. The highest BCUT2D eigenvalue weighted by Gasteiger charge is 2.42. The van der Waals surface area contributed by atoms with Gasteiger partial charge in [0.1, 0.15) is 16.9 Å². The normalized spacial score (nSPS) is 22.4. The molecule has 3 rings (SSSR count). The molecule has 0 bridgehead atoms. The van der Waals surface area contributed by atoms with Gasteiger partial charge in [-0.15, -0.1) is 0 Å². The number of nitrogens with zero attached hydrogens (tertiary/aromatic N) is 4. The lowest BCUT2D eigenvalue weighted by molar-refractivity contribution is -0.00377. The van der Waals surface area contributed by atoms with E-state index in [1.165, 1.54) is 0 Å². The average Bonchev–Trinajstić information content (AvgIpc) is 3.15. The highest BCUT2D eigenvalue weighted by Crippen LogP contribution is 2.41. The van der Waals surface area contributed by atoms with Crippen LogP contribution in [0.15, 0.2) is 12.2 Å². The predicted octanol–water partition coefficient (Wildman–Crippen LogP) is 5.23. The van der Waals surface area contributed by atoms with E-state index >= 15 is 0 Å². The summed E-state index contributed by atoms with van der Waals surface area (Å²) in [5.74, 6) is 0.568. The summed E-state index contributed by atoms with van der Waals surface area (Å²) in [7, 11) is 0. The van der Waals surface area contributed by atoms with Crippen molar-refractivity contribution in [1.82, 2.24) is 14.9 Å². The van der Waals surface area contributed by atoms with Crippen molar-refractivity contribution >= 4 is 46.9 Å². The second kappa shape index (κ2) is 8.59. The maximum Gasteiger partial charge on any atom is 0.420 e. The number of amides is 2. The van der Waals surface area contributed by atoms with Gasteiger partial charge in [-0.05, 0) is 66.5 Å². The Morgan fingerprint density at radius 3 is 2.16 bits per heavy atom. The van der Waals surface area contributed by atoms with Gasteiger partial charge in [0.05, 0.1) is 18.2 Å². The number of ether oxygens (including phenoxy) is 2. The van der Waals surface area contributed by atoms with Crippen molar-refractivity contribution in [2.24, 2.45) is 0 Å².